The Morgan fingerprint density at radius 3 is 2.54 bits per heavy atom. The van der Waals surface area contributed by atoms with Crippen LogP contribution in [-0.4, -0.2) is 26.7 Å². The van der Waals surface area contributed by atoms with Gasteiger partial charge in [-0.1, -0.05) is 35.3 Å². The quantitative estimate of drug-likeness (QED) is 0.781. The zero-order chi connectivity index (χ0) is 17.5. The number of ether oxygens (including phenoxy) is 2. The second kappa shape index (κ2) is 8.78. The van der Waals surface area contributed by atoms with Crippen molar-refractivity contribution in [3.05, 3.63) is 52.0 Å². The topological polar surface area (TPSA) is 59.6 Å². The molecule has 0 aliphatic rings. The van der Waals surface area contributed by atoms with Crippen LogP contribution in [0.3, 0.4) is 0 Å². The monoisotopic (exact) mass is 368 g/mol. The Morgan fingerprint density at radius 1 is 1.08 bits per heavy atom. The fourth-order valence-electron chi connectivity index (χ4n) is 2.11. The number of methoxy groups -OCH3 is 2. The van der Waals surface area contributed by atoms with Gasteiger partial charge in [0.25, 0.3) is 0 Å². The van der Waals surface area contributed by atoms with Crippen LogP contribution in [0.4, 0.5) is 5.69 Å². The van der Waals surface area contributed by atoms with E-state index in [-0.39, 0.29) is 12.5 Å². The Labute approximate surface area is 150 Å². The molecule has 0 fully saturated rings. The van der Waals surface area contributed by atoms with Gasteiger partial charge in [-0.15, -0.1) is 0 Å². The van der Waals surface area contributed by atoms with E-state index in [1.165, 1.54) is 0 Å². The summed E-state index contributed by atoms with van der Waals surface area (Å²) in [6, 6.07) is 10.7. The summed E-state index contributed by atoms with van der Waals surface area (Å²) < 4.78 is 10.4. The van der Waals surface area contributed by atoms with Crippen LogP contribution in [0.25, 0.3) is 0 Å². The number of halogens is 2. The van der Waals surface area contributed by atoms with Gasteiger partial charge in [-0.05, 0) is 29.8 Å². The highest BCUT2D eigenvalue weighted by Crippen LogP contribution is 2.29. The second-order valence-corrected chi connectivity index (χ2v) is 5.73. The van der Waals surface area contributed by atoms with Crippen molar-refractivity contribution < 1.29 is 14.3 Å². The first-order valence-electron chi connectivity index (χ1n) is 7.20. The summed E-state index contributed by atoms with van der Waals surface area (Å²) in [6.45, 7) is 0.647. The van der Waals surface area contributed by atoms with Gasteiger partial charge in [-0.3, -0.25) is 4.79 Å². The highest BCUT2D eigenvalue weighted by Gasteiger charge is 2.09. The van der Waals surface area contributed by atoms with Gasteiger partial charge in [0.05, 0.1) is 36.5 Å². The molecule has 0 saturated carbocycles. The molecule has 0 atom stereocenters. The van der Waals surface area contributed by atoms with Gasteiger partial charge in [-0.2, -0.15) is 0 Å². The third kappa shape index (κ3) is 4.77. The molecule has 0 aliphatic carbocycles. The molecule has 24 heavy (non-hydrogen) atoms. The maximum absolute atomic E-state index is 12.0. The number of hydrogen-bond acceptors (Lipinski definition) is 4. The maximum atomic E-state index is 12.0. The number of amides is 1. The molecule has 7 heteroatoms. The average molecular weight is 369 g/mol. The van der Waals surface area contributed by atoms with Gasteiger partial charge >= 0.3 is 0 Å². The Kier molecular flexibility index (Phi) is 6.73. The molecule has 5 nitrogen and oxygen atoms in total. The summed E-state index contributed by atoms with van der Waals surface area (Å²) in [7, 11) is 3.17. The molecule has 2 rings (SSSR count). The normalized spacial score (nSPS) is 10.3. The molecular formula is C17H18Cl2N2O3. The Bertz CT molecular complexity index is 723. The van der Waals surface area contributed by atoms with Crippen LogP contribution in [0.2, 0.25) is 10.0 Å². The summed E-state index contributed by atoms with van der Waals surface area (Å²) >= 11 is 12.0. The van der Waals surface area contributed by atoms with Crippen molar-refractivity contribution in [1.29, 1.82) is 0 Å². The van der Waals surface area contributed by atoms with Crippen LogP contribution in [0.5, 0.6) is 11.5 Å². The van der Waals surface area contributed by atoms with Gasteiger partial charge in [-0.25, -0.2) is 0 Å². The molecule has 1 amide bonds. The van der Waals surface area contributed by atoms with Crippen molar-refractivity contribution in [1.82, 2.24) is 5.32 Å². The van der Waals surface area contributed by atoms with Gasteiger partial charge in [0, 0.05) is 6.54 Å². The lowest BCUT2D eigenvalue weighted by Gasteiger charge is -2.11. The van der Waals surface area contributed by atoms with Crippen molar-refractivity contribution in [3.63, 3.8) is 0 Å². The molecule has 0 spiro atoms. The van der Waals surface area contributed by atoms with E-state index < -0.39 is 0 Å². The predicted octanol–water partition coefficient (Wildman–Crippen LogP) is 3.74. The summed E-state index contributed by atoms with van der Waals surface area (Å²) in [6.07, 6.45) is 0. The summed E-state index contributed by atoms with van der Waals surface area (Å²) in [5.41, 5.74) is 1.46. The lowest BCUT2D eigenvalue weighted by Crippen LogP contribution is -2.27. The number of anilines is 1. The standard InChI is InChI=1S/C17H18Cl2N2O3/c1-23-14-7-6-11(8-15(14)24-2)9-20-10-16(22)21-13-5-3-4-12(18)17(13)19/h3-8,20H,9-10H2,1-2H3,(H,21,22). The van der Waals surface area contributed by atoms with E-state index in [1.807, 2.05) is 18.2 Å². The fourth-order valence-corrected chi connectivity index (χ4v) is 2.45. The lowest BCUT2D eigenvalue weighted by molar-refractivity contribution is -0.115. The molecule has 0 saturated heterocycles. The largest absolute Gasteiger partial charge is 0.493 e. The van der Waals surface area contributed by atoms with Crippen LogP contribution in [-0.2, 0) is 11.3 Å². The molecular weight excluding hydrogens is 351 g/mol. The first-order valence-corrected chi connectivity index (χ1v) is 7.96. The van der Waals surface area contributed by atoms with Crippen molar-refractivity contribution in [3.8, 4) is 11.5 Å². The molecule has 0 heterocycles. The zero-order valence-electron chi connectivity index (χ0n) is 13.4. The molecule has 0 aromatic heterocycles. The molecule has 0 radical (unpaired) electrons. The maximum Gasteiger partial charge on any atom is 0.238 e. The Balaban J connectivity index is 1.87. The molecule has 128 valence electrons. The predicted molar refractivity (Wildman–Crippen MR) is 96.3 cm³/mol. The second-order valence-electron chi connectivity index (χ2n) is 4.94. The fraction of sp³-hybridized carbons (Fsp3) is 0.235. The van der Waals surface area contributed by atoms with Crippen molar-refractivity contribution >= 4 is 34.8 Å². The molecule has 2 N–H and O–H groups in total. The lowest BCUT2D eigenvalue weighted by atomic mass is 10.2. The Morgan fingerprint density at radius 2 is 1.83 bits per heavy atom. The summed E-state index contributed by atoms with van der Waals surface area (Å²) in [5.74, 6) is 1.10. The molecule has 0 aliphatic heterocycles. The molecule has 2 aromatic rings. The van der Waals surface area contributed by atoms with Crippen molar-refractivity contribution in [2.45, 2.75) is 6.54 Å². The number of hydrogen-bond donors (Lipinski definition) is 2. The number of rotatable bonds is 7. The third-order valence-electron chi connectivity index (χ3n) is 3.29. The smallest absolute Gasteiger partial charge is 0.238 e. The summed E-state index contributed by atoms with van der Waals surface area (Å²) in [5, 5.41) is 6.50. The van der Waals surface area contributed by atoms with Gasteiger partial charge in [0.1, 0.15) is 0 Å². The van der Waals surface area contributed by atoms with Crippen LogP contribution in [0.1, 0.15) is 5.56 Å². The minimum absolute atomic E-state index is 0.136. The summed E-state index contributed by atoms with van der Waals surface area (Å²) in [4.78, 5) is 12.0. The van der Waals surface area contributed by atoms with Gasteiger partial charge in [0.2, 0.25) is 5.91 Å². The van der Waals surface area contributed by atoms with E-state index in [4.69, 9.17) is 32.7 Å². The minimum atomic E-state index is -0.209. The van der Waals surface area contributed by atoms with Gasteiger partial charge in [0.15, 0.2) is 11.5 Å². The van der Waals surface area contributed by atoms with E-state index in [2.05, 4.69) is 10.6 Å². The number of nitrogens with one attached hydrogen (secondary N) is 2. The third-order valence-corrected chi connectivity index (χ3v) is 4.11. The molecule has 2 aromatic carbocycles. The van der Waals surface area contributed by atoms with Crippen molar-refractivity contribution in [2.24, 2.45) is 0 Å². The molecule has 0 unspecified atom stereocenters. The first kappa shape index (κ1) is 18.4. The zero-order valence-corrected chi connectivity index (χ0v) is 14.9. The highest BCUT2D eigenvalue weighted by atomic mass is 35.5. The minimum Gasteiger partial charge on any atom is -0.493 e. The van der Waals surface area contributed by atoms with E-state index in [0.717, 1.165) is 5.56 Å². The van der Waals surface area contributed by atoms with Crippen LogP contribution < -0.4 is 20.1 Å². The van der Waals surface area contributed by atoms with E-state index in [1.54, 1.807) is 32.4 Å². The van der Waals surface area contributed by atoms with Crippen LogP contribution in [0.15, 0.2) is 36.4 Å². The Hall–Kier alpha value is -1.95. The highest BCUT2D eigenvalue weighted by molar-refractivity contribution is 6.43. The number of carbonyl (C=O) groups excluding carboxylic acids is 1. The van der Waals surface area contributed by atoms with E-state index in [9.17, 15) is 4.79 Å². The number of carbonyl (C=O) groups is 1. The average Bonchev–Trinajstić information content (AvgIpc) is 2.58. The molecule has 0 bridgehead atoms. The first-order chi connectivity index (χ1) is 11.5. The SMILES string of the molecule is COc1ccc(CNCC(=O)Nc2cccc(Cl)c2Cl)cc1OC. The van der Waals surface area contributed by atoms with Crippen LogP contribution >= 0.6 is 23.2 Å². The van der Waals surface area contributed by atoms with E-state index >= 15 is 0 Å². The van der Waals surface area contributed by atoms with Crippen LogP contribution in [0, 0.1) is 0 Å². The van der Waals surface area contributed by atoms with Crippen molar-refractivity contribution in [2.75, 3.05) is 26.1 Å². The number of benzene rings is 2. The van der Waals surface area contributed by atoms with Gasteiger partial charge < -0.3 is 20.1 Å². The van der Waals surface area contributed by atoms with E-state index in [0.29, 0.717) is 33.8 Å².